The number of ether oxygens (including phenoxy) is 1. The SMILES string of the molecule is CC(C)(C)[Si](OCCOCCN=[N+]=[N-])(c1ccccc1)c1ccccc1. The Bertz CT molecular complexity index is 671. The average Bonchev–Trinajstić information content (AvgIpc) is 2.64. The maximum absolute atomic E-state index is 8.30. The van der Waals surface area contributed by atoms with Crippen molar-refractivity contribution < 1.29 is 9.16 Å². The molecule has 0 fully saturated rings. The van der Waals surface area contributed by atoms with Crippen LogP contribution in [0.2, 0.25) is 5.04 Å². The molecule has 0 saturated heterocycles. The fourth-order valence-electron chi connectivity index (χ4n) is 3.27. The van der Waals surface area contributed by atoms with E-state index >= 15 is 0 Å². The zero-order valence-electron chi connectivity index (χ0n) is 15.8. The largest absolute Gasteiger partial charge is 0.405 e. The van der Waals surface area contributed by atoms with Crippen LogP contribution in [0.1, 0.15) is 20.8 Å². The second kappa shape index (κ2) is 9.55. The summed E-state index contributed by atoms with van der Waals surface area (Å²) in [6, 6.07) is 21.1. The molecular weight excluding hydrogens is 342 g/mol. The van der Waals surface area contributed by atoms with E-state index in [4.69, 9.17) is 14.7 Å². The molecule has 0 aliphatic heterocycles. The van der Waals surface area contributed by atoms with Crippen LogP contribution in [0.5, 0.6) is 0 Å². The molecule has 0 unspecified atom stereocenters. The van der Waals surface area contributed by atoms with Crippen LogP contribution in [0.15, 0.2) is 65.8 Å². The molecule has 26 heavy (non-hydrogen) atoms. The molecule has 0 aliphatic rings. The van der Waals surface area contributed by atoms with Gasteiger partial charge >= 0.3 is 0 Å². The fraction of sp³-hybridized carbons (Fsp3) is 0.400. The van der Waals surface area contributed by atoms with Crippen molar-refractivity contribution in [3.8, 4) is 0 Å². The Morgan fingerprint density at radius 1 is 0.885 bits per heavy atom. The first kappa shape index (κ1) is 20.2. The van der Waals surface area contributed by atoms with Crippen LogP contribution in [0.4, 0.5) is 0 Å². The molecule has 0 N–H and O–H groups in total. The minimum atomic E-state index is -2.49. The lowest BCUT2D eigenvalue weighted by atomic mass is 10.2. The van der Waals surface area contributed by atoms with Gasteiger partial charge < -0.3 is 9.16 Å². The average molecular weight is 370 g/mol. The lowest BCUT2D eigenvalue weighted by Gasteiger charge is -2.43. The molecule has 2 aromatic rings. The molecule has 0 radical (unpaired) electrons. The van der Waals surface area contributed by atoms with Crippen LogP contribution in [0.25, 0.3) is 10.4 Å². The van der Waals surface area contributed by atoms with Gasteiger partial charge in [-0.3, -0.25) is 0 Å². The van der Waals surface area contributed by atoms with Gasteiger partial charge in [0.1, 0.15) is 0 Å². The zero-order valence-corrected chi connectivity index (χ0v) is 16.8. The number of hydrogen-bond donors (Lipinski definition) is 0. The summed E-state index contributed by atoms with van der Waals surface area (Å²) in [5.74, 6) is 0. The van der Waals surface area contributed by atoms with Gasteiger partial charge in [0.15, 0.2) is 0 Å². The van der Waals surface area contributed by atoms with Gasteiger partial charge in [-0.25, -0.2) is 0 Å². The van der Waals surface area contributed by atoms with Gasteiger partial charge in [-0.2, -0.15) is 0 Å². The molecule has 5 nitrogen and oxygen atoms in total. The molecule has 0 atom stereocenters. The highest BCUT2D eigenvalue weighted by molar-refractivity contribution is 6.99. The third-order valence-corrected chi connectivity index (χ3v) is 9.40. The molecule has 2 rings (SSSR count). The first-order valence-electron chi connectivity index (χ1n) is 8.86. The van der Waals surface area contributed by atoms with Crippen molar-refractivity contribution in [2.75, 3.05) is 26.4 Å². The number of nitrogens with zero attached hydrogens (tertiary/aromatic N) is 3. The van der Waals surface area contributed by atoms with Crippen molar-refractivity contribution in [3.05, 3.63) is 71.1 Å². The Hall–Kier alpha value is -2.11. The number of benzene rings is 2. The van der Waals surface area contributed by atoms with E-state index in [0.717, 1.165) is 0 Å². The van der Waals surface area contributed by atoms with Gasteiger partial charge in [0.2, 0.25) is 0 Å². The molecule has 138 valence electrons. The molecule has 6 heteroatoms. The van der Waals surface area contributed by atoms with E-state index in [1.54, 1.807) is 0 Å². The first-order chi connectivity index (χ1) is 12.5. The Labute approximate surface area is 156 Å². The van der Waals surface area contributed by atoms with Crippen LogP contribution in [-0.2, 0) is 9.16 Å². The molecule has 0 aromatic heterocycles. The fourth-order valence-corrected chi connectivity index (χ4v) is 7.81. The summed E-state index contributed by atoms with van der Waals surface area (Å²) >= 11 is 0. The van der Waals surface area contributed by atoms with Crippen molar-refractivity contribution in [3.63, 3.8) is 0 Å². The second-order valence-corrected chi connectivity index (χ2v) is 11.4. The van der Waals surface area contributed by atoms with E-state index in [1.807, 2.05) is 12.1 Å². The quantitative estimate of drug-likeness (QED) is 0.221. The Morgan fingerprint density at radius 3 is 1.88 bits per heavy atom. The van der Waals surface area contributed by atoms with Crippen LogP contribution in [0, 0.1) is 0 Å². The minimum Gasteiger partial charge on any atom is -0.405 e. The van der Waals surface area contributed by atoms with Crippen molar-refractivity contribution in [1.82, 2.24) is 0 Å². The van der Waals surface area contributed by atoms with Crippen molar-refractivity contribution in [2.24, 2.45) is 5.11 Å². The molecule has 0 amide bonds. The van der Waals surface area contributed by atoms with E-state index in [1.165, 1.54) is 10.4 Å². The van der Waals surface area contributed by atoms with Crippen LogP contribution >= 0.6 is 0 Å². The van der Waals surface area contributed by atoms with E-state index in [0.29, 0.717) is 26.4 Å². The molecule has 0 heterocycles. The van der Waals surface area contributed by atoms with Crippen LogP contribution < -0.4 is 10.4 Å². The van der Waals surface area contributed by atoms with Gasteiger partial charge in [0.05, 0.1) is 19.8 Å². The maximum atomic E-state index is 8.30. The predicted octanol–water partition coefficient (Wildman–Crippen LogP) is 3.89. The lowest BCUT2D eigenvalue weighted by molar-refractivity contribution is 0.102. The predicted molar refractivity (Wildman–Crippen MR) is 108 cm³/mol. The van der Waals surface area contributed by atoms with E-state index in [9.17, 15) is 0 Å². The van der Waals surface area contributed by atoms with Gasteiger partial charge in [-0.15, -0.1) is 0 Å². The summed E-state index contributed by atoms with van der Waals surface area (Å²) in [7, 11) is -2.49. The molecule has 0 bridgehead atoms. The Morgan fingerprint density at radius 2 is 1.42 bits per heavy atom. The van der Waals surface area contributed by atoms with E-state index in [2.05, 4.69) is 79.3 Å². The minimum absolute atomic E-state index is 0.0409. The van der Waals surface area contributed by atoms with Crippen molar-refractivity contribution in [2.45, 2.75) is 25.8 Å². The number of rotatable bonds is 9. The Balaban J connectivity index is 2.28. The topological polar surface area (TPSA) is 67.2 Å². The molecule has 2 aromatic carbocycles. The smallest absolute Gasteiger partial charge is 0.261 e. The van der Waals surface area contributed by atoms with Crippen LogP contribution in [-0.4, -0.2) is 34.7 Å². The summed E-state index contributed by atoms with van der Waals surface area (Å²) in [5.41, 5.74) is 8.30. The third kappa shape index (κ3) is 4.74. The van der Waals surface area contributed by atoms with Crippen molar-refractivity contribution in [1.29, 1.82) is 0 Å². The molecular formula is C20H27N3O2Si. The normalized spacial score (nSPS) is 11.8. The number of azide groups is 1. The lowest BCUT2D eigenvalue weighted by Crippen LogP contribution is -2.66. The van der Waals surface area contributed by atoms with Gasteiger partial charge in [-0.05, 0) is 20.9 Å². The summed E-state index contributed by atoms with van der Waals surface area (Å²) < 4.78 is 12.2. The summed E-state index contributed by atoms with van der Waals surface area (Å²) in [4.78, 5) is 2.72. The van der Waals surface area contributed by atoms with Crippen LogP contribution in [0.3, 0.4) is 0 Å². The van der Waals surface area contributed by atoms with Crippen molar-refractivity contribution >= 4 is 18.7 Å². The summed E-state index contributed by atoms with van der Waals surface area (Å²) in [6.45, 7) is 8.49. The molecule has 0 saturated carbocycles. The second-order valence-electron chi connectivity index (χ2n) is 7.08. The highest BCUT2D eigenvalue weighted by Gasteiger charge is 2.49. The zero-order chi connectivity index (χ0) is 18.9. The highest BCUT2D eigenvalue weighted by Crippen LogP contribution is 2.36. The highest BCUT2D eigenvalue weighted by atomic mass is 28.4. The Kier molecular flexibility index (Phi) is 7.42. The summed E-state index contributed by atoms with van der Waals surface area (Å²) in [5, 5.41) is 5.95. The van der Waals surface area contributed by atoms with Gasteiger partial charge in [-0.1, -0.05) is 86.5 Å². The van der Waals surface area contributed by atoms with E-state index < -0.39 is 8.32 Å². The first-order valence-corrected chi connectivity index (χ1v) is 10.8. The number of hydrogen-bond acceptors (Lipinski definition) is 3. The maximum Gasteiger partial charge on any atom is 0.261 e. The van der Waals surface area contributed by atoms with Gasteiger partial charge in [0, 0.05) is 11.5 Å². The third-order valence-electron chi connectivity index (χ3n) is 4.36. The molecule has 0 spiro atoms. The summed E-state index contributed by atoms with van der Waals surface area (Å²) in [6.07, 6.45) is 0. The standard InChI is InChI=1S/C20H27N3O2Si/c1-20(2,3)26(18-10-6-4-7-11-18,19-12-8-5-9-13-19)25-17-16-24-15-14-22-23-21/h4-13H,14-17H2,1-3H3. The molecule has 0 aliphatic carbocycles. The van der Waals surface area contributed by atoms with E-state index in [-0.39, 0.29) is 5.04 Å². The van der Waals surface area contributed by atoms with Gasteiger partial charge in [0.25, 0.3) is 8.32 Å². The monoisotopic (exact) mass is 369 g/mol.